The Morgan fingerprint density at radius 3 is 2.83 bits per heavy atom. The highest BCUT2D eigenvalue weighted by atomic mass is 16.7. The number of aryl methyl sites for hydroxylation is 2. The number of aromatic amines is 1. The predicted molar refractivity (Wildman–Crippen MR) is 70.8 cm³/mol. The zero-order valence-electron chi connectivity index (χ0n) is 11.3. The number of aromatic nitrogens is 1. The molecule has 0 amide bonds. The van der Waals surface area contributed by atoms with E-state index in [1.807, 2.05) is 0 Å². The van der Waals surface area contributed by atoms with E-state index in [1.54, 1.807) is 6.92 Å². The first-order chi connectivity index (χ1) is 8.67. The lowest BCUT2D eigenvalue weighted by molar-refractivity contribution is -0.143. The van der Waals surface area contributed by atoms with Crippen LogP contribution in [0.15, 0.2) is 5.16 Å². The Hall–Kier alpha value is -1.58. The van der Waals surface area contributed by atoms with Crippen LogP contribution < -0.4 is 0 Å². The van der Waals surface area contributed by atoms with Gasteiger partial charge in [0.15, 0.2) is 0 Å². The molecule has 18 heavy (non-hydrogen) atoms. The summed E-state index contributed by atoms with van der Waals surface area (Å²) in [6.45, 7) is 6.00. The van der Waals surface area contributed by atoms with E-state index >= 15 is 0 Å². The predicted octanol–water partition coefficient (Wildman–Crippen LogP) is 2.88. The Balaban J connectivity index is 2.34. The third-order valence-corrected chi connectivity index (χ3v) is 3.42. The molecule has 0 fully saturated rings. The molecule has 0 aliphatic heterocycles. The van der Waals surface area contributed by atoms with Crippen molar-refractivity contribution in [3.8, 4) is 0 Å². The van der Waals surface area contributed by atoms with Gasteiger partial charge in [0.05, 0.1) is 5.71 Å². The second-order valence-electron chi connectivity index (χ2n) is 4.64. The SMILES string of the molecule is CCC(=O)ON=C1CCCc2[nH]c(C)c(CC)c21. The van der Waals surface area contributed by atoms with Gasteiger partial charge in [-0.05, 0) is 38.2 Å². The monoisotopic (exact) mass is 248 g/mol. The van der Waals surface area contributed by atoms with Gasteiger partial charge in [-0.25, -0.2) is 4.79 Å². The number of hydrogen-bond acceptors (Lipinski definition) is 3. The molecule has 1 heterocycles. The number of carbonyl (C=O) groups excluding carboxylic acids is 1. The summed E-state index contributed by atoms with van der Waals surface area (Å²) in [4.78, 5) is 19.5. The highest BCUT2D eigenvalue weighted by molar-refractivity contribution is 6.04. The van der Waals surface area contributed by atoms with Crippen LogP contribution >= 0.6 is 0 Å². The molecule has 0 aromatic carbocycles. The lowest BCUT2D eigenvalue weighted by Gasteiger charge is -2.14. The fraction of sp³-hybridized carbons (Fsp3) is 0.571. The smallest absolute Gasteiger partial charge is 0.334 e. The third-order valence-electron chi connectivity index (χ3n) is 3.42. The Morgan fingerprint density at radius 1 is 1.39 bits per heavy atom. The largest absolute Gasteiger partial charge is 0.362 e. The van der Waals surface area contributed by atoms with Crippen LogP contribution in [0, 0.1) is 6.92 Å². The van der Waals surface area contributed by atoms with Crippen molar-refractivity contribution in [2.75, 3.05) is 0 Å². The van der Waals surface area contributed by atoms with Gasteiger partial charge in [-0.2, -0.15) is 0 Å². The minimum Gasteiger partial charge on any atom is -0.362 e. The van der Waals surface area contributed by atoms with Gasteiger partial charge in [0.25, 0.3) is 0 Å². The average Bonchev–Trinajstić information content (AvgIpc) is 2.71. The zero-order chi connectivity index (χ0) is 13.1. The van der Waals surface area contributed by atoms with Crippen LogP contribution in [0.1, 0.15) is 55.6 Å². The molecule has 0 unspecified atom stereocenters. The maximum Gasteiger partial charge on any atom is 0.334 e. The molecule has 0 saturated heterocycles. The molecule has 4 heteroatoms. The van der Waals surface area contributed by atoms with Gasteiger partial charge in [-0.3, -0.25) is 0 Å². The third kappa shape index (κ3) is 2.33. The number of nitrogens with zero attached hydrogens (tertiary/aromatic N) is 1. The number of oxime groups is 1. The first-order valence-electron chi connectivity index (χ1n) is 6.64. The standard InChI is InChI=1S/C14H20N2O2/c1-4-10-9(3)15-11-7-6-8-12(14(10)11)16-18-13(17)5-2/h15H,4-8H2,1-3H3. The average molecular weight is 248 g/mol. The van der Waals surface area contributed by atoms with Crippen molar-refractivity contribution in [3.63, 3.8) is 0 Å². The summed E-state index contributed by atoms with van der Waals surface area (Å²) >= 11 is 0. The van der Waals surface area contributed by atoms with Crippen LogP contribution in [-0.4, -0.2) is 16.7 Å². The Labute approximate surface area is 107 Å². The van der Waals surface area contributed by atoms with Crippen LogP contribution in [0.2, 0.25) is 0 Å². The Morgan fingerprint density at radius 2 is 2.17 bits per heavy atom. The molecule has 1 aliphatic carbocycles. The molecule has 0 bridgehead atoms. The molecule has 1 N–H and O–H groups in total. The van der Waals surface area contributed by atoms with Gasteiger partial charge in [-0.1, -0.05) is 19.0 Å². The number of nitrogens with one attached hydrogen (secondary N) is 1. The lowest BCUT2D eigenvalue weighted by atomic mass is 9.92. The van der Waals surface area contributed by atoms with E-state index in [0.717, 1.165) is 31.4 Å². The molecule has 0 atom stereocenters. The van der Waals surface area contributed by atoms with Crippen molar-refractivity contribution in [1.82, 2.24) is 4.98 Å². The molecule has 98 valence electrons. The van der Waals surface area contributed by atoms with Crippen molar-refractivity contribution in [1.29, 1.82) is 0 Å². The van der Waals surface area contributed by atoms with Crippen molar-refractivity contribution in [2.24, 2.45) is 5.16 Å². The summed E-state index contributed by atoms with van der Waals surface area (Å²) in [5, 5.41) is 4.06. The maximum absolute atomic E-state index is 11.2. The minimum atomic E-state index is -0.278. The summed E-state index contributed by atoms with van der Waals surface area (Å²) in [7, 11) is 0. The molecule has 1 aromatic rings. The van der Waals surface area contributed by atoms with Crippen molar-refractivity contribution in [2.45, 2.75) is 52.9 Å². The zero-order valence-corrected chi connectivity index (χ0v) is 11.3. The Bertz CT molecular complexity index is 486. The number of H-pyrrole nitrogens is 1. The van der Waals surface area contributed by atoms with Crippen molar-refractivity contribution < 1.29 is 9.63 Å². The molecular formula is C14H20N2O2. The second kappa shape index (κ2) is 5.38. The molecule has 0 radical (unpaired) electrons. The number of rotatable bonds is 3. The highest BCUT2D eigenvalue weighted by Crippen LogP contribution is 2.27. The van der Waals surface area contributed by atoms with Gasteiger partial charge in [0, 0.05) is 23.4 Å². The first-order valence-corrected chi connectivity index (χ1v) is 6.64. The minimum absolute atomic E-state index is 0.278. The van der Waals surface area contributed by atoms with Gasteiger partial charge >= 0.3 is 5.97 Å². The fourth-order valence-corrected chi connectivity index (χ4v) is 2.53. The van der Waals surface area contributed by atoms with E-state index in [-0.39, 0.29) is 5.97 Å². The molecule has 0 saturated carbocycles. The Kier molecular flexibility index (Phi) is 3.84. The second-order valence-corrected chi connectivity index (χ2v) is 4.64. The normalized spacial score (nSPS) is 16.7. The molecule has 4 nitrogen and oxygen atoms in total. The first kappa shape index (κ1) is 12.9. The van der Waals surface area contributed by atoms with Gasteiger partial charge in [0.2, 0.25) is 0 Å². The van der Waals surface area contributed by atoms with E-state index in [9.17, 15) is 4.79 Å². The fourth-order valence-electron chi connectivity index (χ4n) is 2.53. The number of fused-ring (bicyclic) bond motifs is 1. The van der Waals surface area contributed by atoms with Crippen LogP contribution in [0.3, 0.4) is 0 Å². The van der Waals surface area contributed by atoms with Gasteiger partial charge in [-0.15, -0.1) is 0 Å². The van der Waals surface area contributed by atoms with E-state index in [2.05, 4.69) is 24.0 Å². The molecule has 1 aromatic heterocycles. The summed E-state index contributed by atoms with van der Waals surface area (Å²) in [6, 6.07) is 0. The summed E-state index contributed by atoms with van der Waals surface area (Å²) in [5.74, 6) is -0.278. The van der Waals surface area contributed by atoms with Gasteiger partial charge in [0.1, 0.15) is 0 Å². The summed E-state index contributed by atoms with van der Waals surface area (Å²) in [6.07, 6.45) is 4.32. The van der Waals surface area contributed by atoms with Crippen LogP contribution in [0.4, 0.5) is 0 Å². The molecule has 1 aliphatic rings. The molecule has 0 spiro atoms. The number of hydrogen-bond donors (Lipinski definition) is 1. The van der Waals surface area contributed by atoms with E-state index < -0.39 is 0 Å². The van der Waals surface area contributed by atoms with Crippen molar-refractivity contribution >= 4 is 11.7 Å². The van der Waals surface area contributed by atoms with E-state index in [1.165, 1.54) is 22.5 Å². The highest BCUT2D eigenvalue weighted by Gasteiger charge is 2.23. The van der Waals surface area contributed by atoms with Crippen LogP contribution in [0.25, 0.3) is 0 Å². The summed E-state index contributed by atoms with van der Waals surface area (Å²) < 4.78 is 0. The topological polar surface area (TPSA) is 54.4 Å². The maximum atomic E-state index is 11.2. The van der Waals surface area contributed by atoms with Crippen LogP contribution in [-0.2, 0) is 22.5 Å². The molecule has 2 rings (SSSR count). The lowest BCUT2D eigenvalue weighted by Crippen LogP contribution is -2.14. The summed E-state index contributed by atoms with van der Waals surface area (Å²) in [5.41, 5.74) is 5.85. The van der Waals surface area contributed by atoms with Crippen molar-refractivity contribution in [3.05, 3.63) is 22.5 Å². The number of carbonyl (C=O) groups is 1. The quantitative estimate of drug-likeness (QED) is 0.660. The van der Waals surface area contributed by atoms with Gasteiger partial charge < -0.3 is 9.82 Å². The van der Waals surface area contributed by atoms with E-state index in [0.29, 0.717) is 6.42 Å². The molecular weight excluding hydrogens is 228 g/mol. The van der Waals surface area contributed by atoms with E-state index in [4.69, 9.17) is 4.84 Å². The van der Waals surface area contributed by atoms with Crippen LogP contribution in [0.5, 0.6) is 0 Å².